The Morgan fingerprint density at radius 2 is 1.55 bits per heavy atom. The summed E-state index contributed by atoms with van der Waals surface area (Å²) in [7, 11) is 0. The molecule has 1 heteroatoms. The lowest BCUT2D eigenvalue weighted by Gasteiger charge is -2.26. The lowest BCUT2D eigenvalue weighted by atomic mass is 9.81. The zero-order chi connectivity index (χ0) is 14.9. The van der Waals surface area contributed by atoms with Crippen molar-refractivity contribution in [2.24, 2.45) is 0 Å². The zero-order valence-electron chi connectivity index (χ0n) is 13.0. The van der Waals surface area contributed by atoms with Crippen LogP contribution >= 0.6 is 11.6 Å². The Hall–Kier alpha value is -1.27. The van der Waals surface area contributed by atoms with Gasteiger partial charge in [0.1, 0.15) is 0 Å². The summed E-state index contributed by atoms with van der Waals surface area (Å²) < 4.78 is 0. The molecule has 0 aliphatic rings. The summed E-state index contributed by atoms with van der Waals surface area (Å²) in [5, 5.41) is -0.0923. The molecule has 0 aromatic heterocycles. The first-order valence-electron chi connectivity index (χ1n) is 7.11. The molecule has 0 N–H and O–H groups in total. The van der Waals surface area contributed by atoms with Crippen molar-refractivity contribution in [1.29, 1.82) is 0 Å². The van der Waals surface area contributed by atoms with Gasteiger partial charge in [0.25, 0.3) is 0 Å². The minimum Gasteiger partial charge on any atom is -0.113 e. The van der Waals surface area contributed by atoms with Gasteiger partial charge in [0, 0.05) is 0 Å². The summed E-state index contributed by atoms with van der Waals surface area (Å²) >= 11 is 6.82. The lowest BCUT2D eigenvalue weighted by Crippen LogP contribution is -2.15. The Bertz CT molecular complexity index is 605. The number of hydrogen-bond donors (Lipinski definition) is 0. The summed E-state index contributed by atoms with van der Waals surface area (Å²) in [5.41, 5.74) is 6.35. The summed E-state index contributed by atoms with van der Waals surface area (Å²) in [6, 6.07) is 15.0. The van der Waals surface area contributed by atoms with Gasteiger partial charge >= 0.3 is 0 Å². The molecule has 0 radical (unpaired) electrons. The third-order valence-electron chi connectivity index (χ3n) is 3.75. The van der Waals surface area contributed by atoms with Crippen LogP contribution in [0.1, 0.15) is 54.0 Å². The zero-order valence-corrected chi connectivity index (χ0v) is 13.8. The molecule has 2 aromatic carbocycles. The van der Waals surface area contributed by atoms with Crippen molar-refractivity contribution < 1.29 is 0 Å². The van der Waals surface area contributed by atoms with Crippen molar-refractivity contribution in [1.82, 2.24) is 0 Å². The van der Waals surface area contributed by atoms with Gasteiger partial charge in [0.15, 0.2) is 0 Å². The maximum absolute atomic E-state index is 6.82. The molecule has 0 amide bonds. The number of hydrogen-bond acceptors (Lipinski definition) is 0. The van der Waals surface area contributed by atoms with Gasteiger partial charge in [0.2, 0.25) is 0 Å². The highest BCUT2D eigenvalue weighted by Gasteiger charge is 2.23. The molecule has 2 aromatic rings. The van der Waals surface area contributed by atoms with Gasteiger partial charge in [-0.1, -0.05) is 68.8 Å². The van der Waals surface area contributed by atoms with Crippen molar-refractivity contribution in [3.63, 3.8) is 0 Å². The van der Waals surface area contributed by atoms with E-state index >= 15 is 0 Å². The second-order valence-corrected chi connectivity index (χ2v) is 7.00. The monoisotopic (exact) mass is 286 g/mol. The average molecular weight is 287 g/mol. The van der Waals surface area contributed by atoms with Crippen LogP contribution < -0.4 is 0 Å². The summed E-state index contributed by atoms with van der Waals surface area (Å²) in [5.74, 6) is 0. The molecule has 20 heavy (non-hydrogen) atoms. The van der Waals surface area contributed by atoms with E-state index in [1.54, 1.807) is 0 Å². The fourth-order valence-electron chi connectivity index (χ4n) is 2.60. The Labute approximate surface area is 127 Å². The Morgan fingerprint density at radius 1 is 0.900 bits per heavy atom. The van der Waals surface area contributed by atoms with Crippen molar-refractivity contribution in [3.05, 3.63) is 70.3 Å². The van der Waals surface area contributed by atoms with E-state index < -0.39 is 0 Å². The molecule has 0 heterocycles. The quantitative estimate of drug-likeness (QED) is 0.600. The van der Waals surface area contributed by atoms with Gasteiger partial charge in [-0.15, -0.1) is 11.6 Å². The molecule has 106 valence electrons. The number of alkyl halides is 1. The first-order chi connectivity index (χ1) is 9.30. The molecule has 2 rings (SSSR count). The van der Waals surface area contributed by atoms with Crippen LogP contribution in [0.15, 0.2) is 42.5 Å². The second kappa shape index (κ2) is 5.61. The minimum atomic E-state index is -0.0923. The molecule has 0 saturated heterocycles. The molecule has 0 aliphatic carbocycles. The highest BCUT2D eigenvalue weighted by atomic mass is 35.5. The van der Waals surface area contributed by atoms with E-state index in [1.807, 2.05) is 0 Å². The fourth-order valence-corrected chi connectivity index (χ4v) is 3.03. The van der Waals surface area contributed by atoms with Crippen LogP contribution in [0.2, 0.25) is 0 Å². The van der Waals surface area contributed by atoms with Gasteiger partial charge in [-0.25, -0.2) is 0 Å². The van der Waals surface area contributed by atoms with Gasteiger partial charge in [0.05, 0.1) is 5.38 Å². The van der Waals surface area contributed by atoms with E-state index in [9.17, 15) is 0 Å². The molecule has 1 atom stereocenters. The highest BCUT2D eigenvalue weighted by Crippen LogP contribution is 2.37. The van der Waals surface area contributed by atoms with Crippen LogP contribution in [0.3, 0.4) is 0 Å². The predicted molar refractivity (Wildman–Crippen MR) is 88.8 cm³/mol. The van der Waals surface area contributed by atoms with E-state index in [2.05, 4.69) is 77.1 Å². The first-order valence-corrected chi connectivity index (χ1v) is 7.55. The topological polar surface area (TPSA) is 0 Å². The smallest absolute Gasteiger partial charge is 0.0840 e. The van der Waals surface area contributed by atoms with Crippen LogP contribution in [-0.4, -0.2) is 0 Å². The normalized spacial score (nSPS) is 13.3. The van der Waals surface area contributed by atoms with E-state index in [0.29, 0.717) is 0 Å². The van der Waals surface area contributed by atoms with E-state index in [0.717, 1.165) is 0 Å². The number of benzene rings is 2. The highest BCUT2D eigenvalue weighted by molar-refractivity contribution is 6.22. The molecule has 1 unspecified atom stereocenters. The summed E-state index contributed by atoms with van der Waals surface area (Å²) in [4.78, 5) is 0. The number of halogens is 1. The van der Waals surface area contributed by atoms with Crippen molar-refractivity contribution in [2.45, 2.75) is 45.4 Å². The Morgan fingerprint density at radius 3 is 2.20 bits per heavy atom. The molecule has 0 nitrogen and oxygen atoms in total. The van der Waals surface area contributed by atoms with Gasteiger partial charge < -0.3 is 0 Å². The molecule has 0 aliphatic heterocycles. The van der Waals surface area contributed by atoms with Crippen molar-refractivity contribution in [2.75, 3.05) is 0 Å². The van der Waals surface area contributed by atoms with Gasteiger partial charge in [-0.2, -0.15) is 0 Å². The SMILES string of the molecule is Cc1ccc(C)c(C(Cl)c2ccccc2C(C)(C)C)c1. The fraction of sp³-hybridized carbons (Fsp3) is 0.368. The summed E-state index contributed by atoms with van der Waals surface area (Å²) in [6.07, 6.45) is 0. The molecular formula is C19H23Cl. The van der Waals surface area contributed by atoms with Crippen molar-refractivity contribution >= 4 is 11.6 Å². The van der Waals surface area contributed by atoms with Gasteiger partial charge in [-0.3, -0.25) is 0 Å². The van der Waals surface area contributed by atoms with Crippen LogP contribution in [0, 0.1) is 13.8 Å². The lowest BCUT2D eigenvalue weighted by molar-refractivity contribution is 0.583. The molecule has 0 spiro atoms. The van der Waals surface area contributed by atoms with E-state index in [1.165, 1.54) is 27.8 Å². The largest absolute Gasteiger partial charge is 0.113 e. The van der Waals surface area contributed by atoms with Crippen molar-refractivity contribution in [3.8, 4) is 0 Å². The standard InChI is InChI=1S/C19H23Cl/c1-13-10-11-14(2)16(12-13)18(20)15-8-6-7-9-17(15)19(3,4)5/h6-12,18H,1-5H3. The predicted octanol–water partition coefficient (Wildman–Crippen LogP) is 5.93. The molecule has 0 saturated carbocycles. The minimum absolute atomic E-state index is 0.0923. The maximum atomic E-state index is 6.82. The average Bonchev–Trinajstić information content (AvgIpc) is 2.40. The van der Waals surface area contributed by atoms with E-state index in [-0.39, 0.29) is 10.8 Å². The van der Waals surface area contributed by atoms with Crippen LogP contribution in [-0.2, 0) is 5.41 Å². The third kappa shape index (κ3) is 3.07. The molecule has 0 bridgehead atoms. The molecular weight excluding hydrogens is 264 g/mol. The number of aryl methyl sites for hydroxylation is 2. The summed E-state index contributed by atoms with van der Waals surface area (Å²) in [6.45, 7) is 10.9. The number of rotatable bonds is 2. The van der Waals surface area contributed by atoms with Crippen LogP contribution in [0.25, 0.3) is 0 Å². The molecule has 0 fully saturated rings. The second-order valence-electron chi connectivity index (χ2n) is 6.56. The van der Waals surface area contributed by atoms with Gasteiger partial charge in [-0.05, 0) is 41.5 Å². The Kier molecular flexibility index (Phi) is 4.25. The van der Waals surface area contributed by atoms with Crippen LogP contribution in [0.4, 0.5) is 0 Å². The van der Waals surface area contributed by atoms with E-state index in [4.69, 9.17) is 11.6 Å². The first kappa shape index (κ1) is 15.1. The maximum Gasteiger partial charge on any atom is 0.0840 e. The third-order valence-corrected chi connectivity index (χ3v) is 4.22. The van der Waals surface area contributed by atoms with Crippen LogP contribution in [0.5, 0.6) is 0 Å². The Balaban J connectivity index is 2.54.